The van der Waals surface area contributed by atoms with Crippen molar-refractivity contribution >= 4 is 27.3 Å². The van der Waals surface area contributed by atoms with Gasteiger partial charge in [0.1, 0.15) is 4.21 Å². The summed E-state index contributed by atoms with van der Waals surface area (Å²) in [5.41, 5.74) is 0.0111. The average Bonchev–Trinajstić information content (AvgIpc) is 2.87. The molecule has 5 nitrogen and oxygen atoms in total. The SMILES string of the molecule is CC(C)(C)CN1C[C@H](NS(=O)(=O)c2cccs2)CC1=O. The molecule has 1 aromatic rings. The number of thiophene rings is 1. The van der Waals surface area contributed by atoms with Crippen LogP contribution in [0.15, 0.2) is 21.7 Å². The number of hydrogen-bond acceptors (Lipinski definition) is 4. The molecule has 1 aliphatic rings. The van der Waals surface area contributed by atoms with Gasteiger partial charge < -0.3 is 4.90 Å². The van der Waals surface area contributed by atoms with E-state index in [4.69, 9.17) is 0 Å². The Bertz CT molecular complexity index is 573. The summed E-state index contributed by atoms with van der Waals surface area (Å²) in [5.74, 6) is 0.0128. The molecule has 2 rings (SSSR count). The predicted octanol–water partition coefficient (Wildman–Crippen LogP) is 1.67. The van der Waals surface area contributed by atoms with Crippen LogP contribution in [0, 0.1) is 5.41 Å². The summed E-state index contributed by atoms with van der Waals surface area (Å²) in [6.45, 7) is 7.26. The Balaban J connectivity index is 2.01. The highest BCUT2D eigenvalue weighted by Crippen LogP contribution is 2.22. The third-order valence-corrected chi connectivity index (χ3v) is 5.88. The number of nitrogens with zero attached hydrogens (tertiary/aromatic N) is 1. The van der Waals surface area contributed by atoms with E-state index in [0.29, 0.717) is 17.3 Å². The van der Waals surface area contributed by atoms with E-state index in [1.165, 1.54) is 11.3 Å². The van der Waals surface area contributed by atoms with Crippen LogP contribution in [-0.2, 0) is 14.8 Å². The van der Waals surface area contributed by atoms with Gasteiger partial charge >= 0.3 is 0 Å². The number of amides is 1. The number of sulfonamides is 1. The Morgan fingerprint density at radius 3 is 2.70 bits per heavy atom. The average molecular weight is 316 g/mol. The van der Waals surface area contributed by atoms with Crippen molar-refractivity contribution in [2.45, 2.75) is 37.4 Å². The summed E-state index contributed by atoms with van der Waals surface area (Å²) >= 11 is 1.18. The molecule has 0 radical (unpaired) electrons. The zero-order valence-electron chi connectivity index (χ0n) is 11.9. The molecule has 1 atom stereocenters. The summed E-state index contributed by atoms with van der Waals surface area (Å²) in [4.78, 5) is 13.7. The van der Waals surface area contributed by atoms with Crippen molar-refractivity contribution in [3.05, 3.63) is 17.5 Å². The molecule has 0 aromatic carbocycles. The molecule has 112 valence electrons. The molecule has 0 spiro atoms. The molecule has 1 saturated heterocycles. The fourth-order valence-corrected chi connectivity index (χ4v) is 4.51. The standard InChI is InChI=1S/C13H20N2O3S2/c1-13(2,3)9-15-8-10(7-11(15)16)14-20(17,18)12-5-4-6-19-12/h4-6,10,14H,7-9H2,1-3H3/t10-/m1/s1. The topological polar surface area (TPSA) is 66.5 Å². The number of rotatable bonds is 4. The molecule has 0 bridgehead atoms. The lowest BCUT2D eigenvalue weighted by Gasteiger charge is -2.26. The van der Waals surface area contributed by atoms with E-state index < -0.39 is 10.0 Å². The van der Waals surface area contributed by atoms with E-state index >= 15 is 0 Å². The second kappa shape index (κ2) is 5.46. The lowest BCUT2D eigenvalue weighted by Crippen LogP contribution is -2.38. The van der Waals surface area contributed by atoms with Crippen molar-refractivity contribution in [1.29, 1.82) is 0 Å². The van der Waals surface area contributed by atoms with Crippen LogP contribution in [0.3, 0.4) is 0 Å². The number of carbonyl (C=O) groups is 1. The molecule has 1 aromatic heterocycles. The van der Waals surface area contributed by atoms with Gasteiger partial charge in [0.25, 0.3) is 0 Å². The first-order valence-corrected chi connectivity index (χ1v) is 8.87. The third kappa shape index (κ3) is 3.80. The molecule has 1 amide bonds. The molecular formula is C13H20N2O3S2. The third-order valence-electron chi connectivity index (χ3n) is 2.96. The van der Waals surface area contributed by atoms with Crippen molar-refractivity contribution < 1.29 is 13.2 Å². The van der Waals surface area contributed by atoms with E-state index in [0.717, 1.165) is 0 Å². The van der Waals surface area contributed by atoms with Crippen LogP contribution < -0.4 is 4.72 Å². The van der Waals surface area contributed by atoms with Gasteiger partial charge in [0.2, 0.25) is 15.9 Å². The van der Waals surface area contributed by atoms with Crippen LogP contribution in [-0.4, -0.2) is 38.4 Å². The van der Waals surface area contributed by atoms with E-state index in [1.54, 1.807) is 22.4 Å². The predicted molar refractivity (Wildman–Crippen MR) is 79.1 cm³/mol. The van der Waals surface area contributed by atoms with Crippen LogP contribution in [0.2, 0.25) is 0 Å². The summed E-state index contributed by atoms with van der Waals surface area (Å²) in [6, 6.07) is 2.93. The van der Waals surface area contributed by atoms with Gasteiger partial charge in [0, 0.05) is 25.6 Å². The summed E-state index contributed by atoms with van der Waals surface area (Å²) in [6.07, 6.45) is 0.237. The first-order valence-electron chi connectivity index (χ1n) is 6.51. The largest absolute Gasteiger partial charge is 0.341 e. The van der Waals surface area contributed by atoms with Gasteiger partial charge in [0.05, 0.1) is 0 Å². The van der Waals surface area contributed by atoms with Crippen LogP contribution in [0.25, 0.3) is 0 Å². The van der Waals surface area contributed by atoms with Gasteiger partial charge in [-0.2, -0.15) is 0 Å². The number of likely N-dealkylation sites (tertiary alicyclic amines) is 1. The van der Waals surface area contributed by atoms with Gasteiger partial charge in [0.15, 0.2) is 0 Å². The summed E-state index contributed by atoms with van der Waals surface area (Å²) in [5, 5.41) is 1.72. The Morgan fingerprint density at radius 2 is 2.15 bits per heavy atom. The molecule has 1 N–H and O–H groups in total. The van der Waals surface area contributed by atoms with Crippen molar-refractivity contribution in [1.82, 2.24) is 9.62 Å². The lowest BCUT2D eigenvalue weighted by atomic mass is 9.96. The summed E-state index contributed by atoms with van der Waals surface area (Å²) in [7, 11) is -3.50. The smallest absolute Gasteiger partial charge is 0.250 e. The van der Waals surface area contributed by atoms with Crippen molar-refractivity contribution in [2.75, 3.05) is 13.1 Å². The maximum atomic E-state index is 12.1. The monoisotopic (exact) mass is 316 g/mol. The second-order valence-corrected chi connectivity index (χ2v) is 9.18. The van der Waals surface area contributed by atoms with Crippen molar-refractivity contribution in [3.8, 4) is 0 Å². The minimum absolute atomic E-state index is 0.0111. The number of carbonyl (C=O) groups excluding carboxylic acids is 1. The van der Waals surface area contributed by atoms with Crippen LogP contribution >= 0.6 is 11.3 Å². The van der Waals surface area contributed by atoms with Crippen molar-refractivity contribution in [3.63, 3.8) is 0 Å². The molecule has 1 fully saturated rings. The minimum atomic E-state index is -3.50. The normalized spacial score (nSPS) is 20.6. The fraction of sp³-hybridized carbons (Fsp3) is 0.615. The van der Waals surface area contributed by atoms with Crippen molar-refractivity contribution in [2.24, 2.45) is 5.41 Å². The molecular weight excluding hydrogens is 296 g/mol. The first-order chi connectivity index (χ1) is 9.17. The number of nitrogens with one attached hydrogen (secondary N) is 1. The molecule has 0 unspecified atom stereocenters. The Labute approximate surface area is 124 Å². The number of hydrogen-bond donors (Lipinski definition) is 1. The van der Waals surface area contributed by atoms with Gasteiger partial charge in [-0.3, -0.25) is 4.79 Å². The van der Waals surface area contributed by atoms with Gasteiger partial charge in [-0.1, -0.05) is 26.8 Å². The quantitative estimate of drug-likeness (QED) is 0.919. The first kappa shape index (κ1) is 15.5. The zero-order chi connectivity index (χ0) is 15.0. The highest BCUT2D eigenvalue weighted by molar-refractivity contribution is 7.91. The Morgan fingerprint density at radius 1 is 1.45 bits per heavy atom. The minimum Gasteiger partial charge on any atom is -0.341 e. The van der Waals surface area contributed by atoms with E-state index in [1.807, 2.05) is 0 Å². The molecule has 1 aliphatic heterocycles. The fourth-order valence-electron chi connectivity index (χ4n) is 2.27. The van der Waals surface area contributed by atoms with Gasteiger partial charge in [-0.15, -0.1) is 11.3 Å². The van der Waals surface area contributed by atoms with Crippen LogP contribution in [0.5, 0.6) is 0 Å². The maximum Gasteiger partial charge on any atom is 0.250 e. The molecule has 20 heavy (non-hydrogen) atoms. The Kier molecular flexibility index (Phi) is 4.22. The van der Waals surface area contributed by atoms with Gasteiger partial charge in [-0.25, -0.2) is 13.1 Å². The van der Waals surface area contributed by atoms with E-state index in [2.05, 4.69) is 25.5 Å². The molecule has 2 heterocycles. The zero-order valence-corrected chi connectivity index (χ0v) is 13.6. The highest BCUT2D eigenvalue weighted by atomic mass is 32.2. The molecule has 0 saturated carbocycles. The Hall–Kier alpha value is -0.920. The molecule has 7 heteroatoms. The van der Waals surface area contributed by atoms with Gasteiger partial charge in [-0.05, 0) is 16.9 Å². The van der Waals surface area contributed by atoms with E-state index in [-0.39, 0.29) is 23.8 Å². The maximum absolute atomic E-state index is 12.1. The summed E-state index contributed by atoms with van der Waals surface area (Å²) < 4.78 is 27.1. The second-order valence-electron chi connectivity index (χ2n) is 6.29. The van der Waals surface area contributed by atoms with E-state index in [9.17, 15) is 13.2 Å². The van der Waals surface area contributed by atoms with Crippen LogP contribution in [0.4, 0.5) is 0 Å². The molecule has 0 aliphatic carbocycles. The lowest BCUT2D eigenvalue weighted by molar-refractivity contribution is -0.128. The van der Waals surface area contributed by atoms with Crippen LogP contribution in [0.1, 0.15) is 27.2 Å². The highest BCUT2D eigenvalue weighted by Gasteiger charge is 2.34.